The normalized spacial score (nSPS) is 13.7. The molecule has 1 aromatic carbocycles. The maximum absolute atomic E-state index is 14.0. The molecule has 1 amide bonds. The van der Waals surface area contributed by atoms with Gasteiger partial charge in [0.25, 0.3) is 5.91 Å². The van der Waals surface area contributed by atoms with E-state index in [0.29, 0.717) is 23.0 Å². The summed E-state index contributed by atoms with van der Waals surface area (Å²) in [5.74, 6) is 1.55. The van der Waals surface area contributed by atoms with Gasteiger partial charge in [-0.15, -0.1) is 5.10 Å². The topological polar surface area (TPSA) is 115 Å². The SMILES string of the molecule is CC(c1ncccn1)N(Cc1nc2ccccn2n1)C(=O)c1ccc2nc(N)c3c(c2c1)CCC3. The van der Waals surface area contributed by atoms with Crippen LogP contribution in [0.4, 0.5) is 5.82 Å². The Morgan fingerprint density at radius 2 is 1.91 bits per heavy atom. The van der Waals surface area contributed by atoms with E-state index in [0.717, 1.165) is 41.4 Å². The largest absolute Gasteiger partial charge is 0.383 e. The van der Waals surface area contributed by atoms with Gasteiger partial charge in [0.15, 0.2) is 11.5 Å². The Morgan fingerprint density at radius 1 is 1.09 bits per heavy atom. The van der Waals surface area contributed by atoms with E-state index in [-0.39, 0.29) is 18.5 Å². The number of aryl methyl sites for hydroxylation is 1. The van der Waals surface area contributed by atoms with Gasteiger partial charge in [0.05, 0.1) is 18.1 Å². The molecule has 1 atom stereocenters. The number of hydrogen-bond donors (Lipinski definition) is 1. The van der Waals surface area contributed by atoms with E-state index in [1.807, 2.05) is 43.5 Å². The van der Waals surface area contributed by atoms with Crippen molar-refractivity contribution in [3.8, 4) is 0 Å². The van der Waals surface area contributed by atoms with Gasteiger partial charge in [-0.2, -0.15) is 0 Å². The van der Waals surface area contributed by atoms with Gasteiger partial charge in [-0.05, 0) is 73.7 Å². The zero-order chi connectivity index (χ0) is 23.9. The molecule has 2 N–H and O–H groups in total. The van der Waals surface area contributed by atoms with Gasteiger partial charge in [-0.25, -0.2) is 24.5 Å². The minimum absolute atomic E-state index is 0.144. The number of aromatic nitrogens is 6. The molecule has 1 aliphatic rings. The molecule has 0 radical (unpaired) electrons. The third kappa shape index (κ3) is 3.74. The Balaban J connectivity index is 1.41. The maximum Gasteiger partial charge on any atom is 0.254 e. The molecule has 0 aliphatic heterocycles. The molecular weight excluding hydrogens is 440 g/mol. The zero-order valence-corrected chi connectivity index (χ0v) is 19.3. The maximum atomic E-state index is 14.0. The van der Waals surface area contributed by atoms with E-state index in [1.165, 1.54) is 5.56 Å². The number of nitrogens with two attached hydrogens (primary N) is 1. The first-order chi connectivity index (χ1) is 17.1. The summed E-state index contributed by atoms with van der Waals surface area (Å²) in [5, 5.41) is 5.55. The summed E-state index contributed by atoms with van der Waals surface area (Å²) in [6, 6.07) is 12.7. The number of pyridine rings is 2. The number of hydrogen-bond acceptors (Lipinski definition) is 7. The Kier molecular flexibility index (Phi) is 5.09. The zero-order valence-electron chi connectivity index (χ0n) is 19.3. The van der Waals surface area contributed by atoms with Gasteiger partial charge in [0, 0.05) is 29.5 Å². The van der Waals surface area contributed by atoms with Gasteiger partial charge in [0.1, 0.15) is 11.6 Å². The van der Waals surface area contributed by atoms with E-state index in [2.05, 4.69) is 25.0 Å². The van der Waals surface area contributed by atoms with Crippen LogP contribution in [0, 0.1) is 0 Å². The molecule has 0 fully saturated rings. The number of benzene rings is 1. The molecule has 9 nitrogen and oxygen atoms in total. The molecule has 0 saturated carbocycles. The lowest BCUT2D eigenvalue weighted by atomic mass is 10.0. The van der Waals surface area contributed by atoms with Crippen LogP contribution in [0.1, 0.15) is 52.5 Å². The Bertz CT molecular complexity index is 1530. The minimum atomic E-state index is -0.388. The fourth-order valence-electron chi connectivity index (χ4n) is 4.84. The molecule has 5 aromatic rings. The predicted octanol–water partition coefficient (Wildman–Crippen LogP) is 3.54. The average Bonchev–Trinajstić information content (AvgIpc) is 3.55. The second kappa shape index (κ2) is 8.43. The van der Waals surface area contributed by atoms with Crippen molar-refractivity contribution in [1.82, 2.24) is 34.4 Å². The first-order valence-corrected chi connectivity index (χ1v) is 11.7. The molecule has 1 unspecified atom stereocenters. The van der Waals surface area contributed by atoms with E-state index in [1.54, 1.807) is 33.9 Å². The first kappa shape index (κ1) is 21.2. The van der Waals surface area contributed by atoms with E-state index in [9.17, 15) is 4.79 Å². The molecule has 4 aromatic heterocycles. The van der Waals surface area contributed by atoms with Crippen molar-refractivity contribution < 1.29 is 4.79 Å². The van der Waals surface area contributed by atoms with Crippen molar-refractivity contribution in [3.63, 3.8) is 0 Å². The Hall–Kier alpha value is -4.40. The minimum Gasteiger partial charge on any atom is -0.383 e. The highest BCUT2D eigenvalue weighted by Crippen LogP contribution is 2.33. The number of carbonyl (C=O) groups is 1. The Morgan fingerprint density at radius 3 is 2.74 bits per heavy atom. The van der Waals surface area contributed by atoms with E-state index >= 15 is 0 Å². The van der Waals surface area contributed by atoms with Gasteiger partial charge >= 0.3 is 0 Å². The number of amides is 1. The number of rotatable bonds is 5. The highest BCUT2D eigenvalue weighted by atomic mass is 16.2. The summed E-state index contributed by atoms with van der Waals surface area (Å²) in [4.78, 5) is 33.6. The molecule has 174 valence electrons. The second-order valence-corrected chi connectivity index (χ2v) is 8.79. The summed E-state index contributed by atoms with van der Waals surface area (Å²) in [7, 11) is 0. The summed E-state index contributed by atoms with van der Waals surface area (Å²) in [5.41, 5.74) is 10.6. The number of nitrogen functional groups attached to an aromatic ring is 1. The van der Waals surface area contributed by atoms with Crippen LogP contribution in [-0.2, 0) is 19.4 Å². The second-order valence-electron chi connectivity index (χ2n) is 8.79. The van der Waals surface area contributed by atoms with Gasteiger partial charge in [0.2, 0.25) is 0 Å². The van der Waals surface area contributed by atoms with Crippen LogP contribution in [0.3, 0.4) is 0 Å². The van der Waals surface area contributed by atoms with Crippen LogP contribution in [0.5, 0.6) is 0 Å². The molecule has 6 rings (SSSR count). The first-order valence-electron chi connectivity index (χ1n) is 11.7. The van der Waals surface area contributed by atoms with Crippen molar-refractivity contribution in [2.24, 2.45) is 0 Å². The number of fused-ring (bicyclic) bond motifs is 4. The molecule has 1 aliphatic carbocycles. The van der Waals surface area contributed by atoms with Crippen LogP contribution < -0.4 is 5.73 Å². The van der Waals surface area contributed by atoms with E-state index in [4.69, 9.17) is 5.73 Å². The van der Waals surface area contributed by atoms with Crippen LogP contribution in [-0.4, -0.2) is 40.4 Å². The highest BCUT2D eigenvalue weighted by Gasteiger charge is 2.27. The number of nitrogens with zero attached hydrogens (tertiary/aromatic N) is 7. The molecule has 0 saturated heterocycles. The highest BCUT2D eigenvalue weighted by molar-refractivity contribution is 5.99. The number of anilines is 1. The summed E-state index contributed by atoms with van der Waals surface area (Å²) in [6.45, 7) is 2.14. The standard InChI is InChI=1S/C26H24N8O/c1-16(25-28-11-5-12-29-25)33(15-22-31-23-8-2-3-13-34(23)32-22)26(35)17-9-10-21-20(14-17)18-6-4-7-19(18)24(27)30-21/h2-3,5,8-14,16H,4,6-7,15H2,1H3,(H2,27,30). The van der Waals surface area contributed by atoms with E-state index < -0.39 is 0 Å². The molecule has 9 heteroatoms. The van der Waals surface area contributed by atoms with Crippen LogP contribution in [0.25, 0.3) is 16.6 Å². The van der Waals surface area contributed by atoms with Gasteiger partial charge in [-0.3, -0.25) is 4.79 Å². The molecule has 35 heavy (non-hydrogen) atoms. The lowest BCUT2D eigenvalue weighted by molar-refractivity contribution is 0.0660. The summed E-state index contributed by atoms with van der Waals surface area (Å²) < 4.78 is 1.71. The number of carbonyl (C=O) groups excluding carboxylic acids is 1. The van der Waals surface area contributed by atoms with Crippen LogP contribution in [0.15, 0.2) is 61.1 Å². The van der Waals surface area contributed by atoms with Gasteiger partial charge in [-0.1, -0.05) is 6.07 Å². The third-order valence-corrected chi connectivity index (χ3v) is 6.62. The summed E-state index contributed by atoms with van der Waals surface area (Å²) >= 11 is 0. The lowest BCUT2D eigenvalue weighted by Gasteiger charge is -2.27. The molecule has 0 spiro atoms. The van der Waals surface area contributed by atoms with Crippen LogP contribution >= 0.6 is 0 Å². The molecule has 4 heterocycles. The smallest absolute Gasteiger partial charge is 0.254 e. The lowest BCUT2D eigenvalue weighted by Crippen LogP contribution is -2.34. The Labute approximate surface area is 201 Å². The van der Waals surface area contributed by atoms with Crippen molar-refractivity contribution in [2.45, 2.75) is 38.8 Å². The van der Waals surface area contributed by atoms with Gasteiger partial charge < -0.3 is 10.6 Å². The fraction of sp³-hybridized carbons (Fsp3) is 0.231. The average molecular weight is 465 g/mol. The van der Waals surface area contributed by atoms with Crippen molar-refractivity contribution in [2.75, 3.05) is 5.73 Å². The molecule has 0 bridgehead atoms. The quantitative estimate of drug-likeness (QED) is 0.423. The van der Waals surface area contributed by atoms with Crippen molar-refractivity contribution in [3.05, 3.63) is 89.4 Å². The molecular formula is C26H24N8O. The monoisotopic (exact) mass is 464 g/mol. The fourth-order valence-corrected chi connectivity index (χ4v) is 4.84. The van der Waals surface area contributed by atoms with Crippen molar-refractivity contribution >= 4 is 28.3 Å². The predicted molar refractivity (Wildman–Crippen MR) is 131 cm³/mol. The third-order valence-electron chi connectivity index (χ3n) is 6.62. The van der Waals surface area contributed by atoms with Crippen molar-refractivity contribution in [1.29, 1.82) is 0 Å². The van der Waals surface area contributed by atoms with Crippen LogP contribution in [0.2, 0.25) is 0 Å². The summed E-state index contributed by atoms with van der Waals surface area (Å²) in [6.07, 6.45) is 8.12.